The van der Waals surface area contributed by atoms with Gasteiger partial charge in [0.05, 0.1) is 31.0 Å². The third-order valence-corrected chi connectivity index (χ3v) is 5.06. The summed E-state index contributed by atoms with van der Waals surface area (Å²) in [5.74, 6) is -1.76. The first-order valence-electron chi connectivity index (χ1n) is 9.24. The Labute approximate surface area is 165 Å². The van der Waals surface area contributed by atoms with Gasteiger partial charge in [-0.3, -0.25) is 9.69 Å². The summed E-state index contributed by atoms with van der Waals surface area (Å²) in [7, 11) is 0. The van der Waals surface area contributed by atoms with E-state index in [1.54, 1.807) is 22.0 Å². The molecule has 0 radical (unpaired) electrons. The molecule has 2 saturated heterocycles. The highest BCUT2D eigenvalue weighted by Gasteiger charge is 2.34. The van der Waals surface area contributed by atoms with Crippen LogP contribution in [-0.2, 0) is 9.53 Å². The molecule has 2 amide bonds. The maximum Gasteiger partial charge on any atom is 0.414 e. The van der Waals surface area contributed by atoms with Gasteiger partial charge >= 0.3 is 6.09 Å². The molecule has 2 fully saturated rings. The van der Waals surface area contributed by atoms with E-state index in [1.807, 2.05) is 0 Å². The molecule has 2 atom stereocenters. The minimum Gasteiger partial charge on any atom is -0.442 e. The first-order chi connectivity index (χ1) is 13.9. The highest BCUT2D eigenvalue weighted by Crippen LogP contribution is 2.34. The number of nitrogens with zero attached hydrogens (tertiary/aromatic N) is 5. The number of carbonyl (C=O) groups excluding carboxylic acids is 2. The summed E-state index contributed by atoms with van der Waals surface area (Å²) >= 11 is 0. The fraction of sp³-hybridized carbons (Fsp3) is 0.444. The molecule has 0 spiro atoms. The zero-order valence-electron chi connectivity index (χ0n) is 15.7. The van der Waals surface area contributed by atoms with E-state index >= 15 is 0 Å². The highest BCUT2D eigenvalue weighted by molar-refractivity contribution is 5.90. The Morgan fingerprint density at radius 3 is 2.72 bits per heavy atom. The Morgan fingerprint density at radius 1 is 1.31 bits per heavy atom. The summed E-state index contributed by atoms with van der Waals surface area (Å²) in [4.78, 5) is 25.9. The second kappa shape index (κ2) is 7.64. The minimum absolute atomic E-state index is 0.0147. The summed E-state index contributed by atoms with van der Waals surface area (Å²) in [6, 6.07) is 2.24. The van der Waals surface area contributed by atoms with Gasteiger partial charge in [0, 0.05) is 38.3 Å². The number of hydrogen-bond acceptors (Lipinski definition) is 6. The number of ether oxygens (including phenoxy) is 1. The second-order valence-electron chi connectivity index (χ2n) is 7.08. The van der Waals surface area contributed by atoms with E-state index in [-0.39, 0.29) is 36.4 Å². The van der Waals surface area contributed by atoms with Crippen LogP contribution < -0.4 is 15.1 Å². The largest absolute Gasteiger partial charge is 0.442 e. The average molecular weight is 406 g/mol. The van der Waals surface area contributed by atoms with Crippen LogP contribution in [-0.4, -0.2) is 59.3 Å². The molecule has 2 aliphatic rings. The SMILES string of the molecule is CC(=O)NC[C@H]1CN(c2cc(F)c(N3CC[C@H](n4ccnn4)C3)c(F)c2)C(=O)O1. The topological polar surface area (TPSA) is 92.6 Å². The summed E-state index contributed by atoms with van der Waals surface area (Å²) in [5.41, 5.74) is -0.0511. The van der Waals surface area contributed by atoms with E-state index in [9.17, 15) is 18.4 Å². The van der Waals surface area contributed by atoms with Gasteiger partial charge in [-0.25, -0.2) is 18.3 Å². The van der Waals surface area contributed by atoms with Gasteiger partial charge in [-0.1, -0.05) is 5.21 Å². The quantitative estimate of drug-likeness (QED) is 0.809. The van der Waals surface area contributed by atoms with Crippen molar-refractivity contribution in [1.82, 2.24) is 20.3 Å². The fourth-order valence-corrected chi connectivity index (χ4v) is 3.68. The van der Waals surface area contributed by atoms with Crippen LogP contribution in [0.15, 0.2) is 24.5 Å². The molecular weight excluding hydrogens is 386 g/mol. The monoisotopic (exact) mass is 406 g/mol. The molecule has 0 saturated carbocycles. The molecule has 3 heterocycles. The summed E-state index contributed by atoms with van der Waals surface area (Å²) in [5, 5.41) is 10.3. The molecule has 1 aromatic carbocycles. The van der Waals surface area contributed by atoms with E-state index in [0.717, 1.165) is 17.0 Å². The number of halogens is 2. The van der Waals surface area contributed by atoms with Gasteiger partial charge in [0.15, 0.2) is 11.6 Å². The third-order valence-electron chi connectivity index (χ3n) is 5.06. The molecule has 11 heteroatoms. The maximum atomic E-state index is 14.8. The van der Waals surface area contributed by atoms with E-state index in [0.29, 0.717) is 19.5 Å². The highest BCUT2D eigenvalue weighted by atomic mass is 19.1. The Bertz CT molecular complexity index is 899. The predicted octanol–water partition coefficient (Wildman–Crippen LogP) is 1.47. The van der Waals surface area contributed by atoms with Gasteiger partial charge in [-0.05, 0) is 6.42 Å². The van der Waals surface area contributed by atoms with Crippen molar-refractivity contribution in [2.75, 3.05) is 36.0 Å². The predicted molar refractivity (Wildman–Crippen MR) is 98.5 cm³/mol. The Hall–Kier alpha value is -3.24. The van der Waals surface area contributed by atoms with Crippen LogP contribution >= 0.6 is 0 Å². The van der Waals surface area contributed by atoms with Crippen LogP contribution in [0.3, 0.4) is 0 Å². The standard InChI is InChI=1S/C18H20F2N6O3/c1-11(27)21-8-14-10-25(18(28)29-14)13-6-15(19)17(16(20)7-13)24-4-2-12(9-24)26-5-3-22-23-26/h3,5-7,12,14H,2,4,8-10H2,1H3,(H,21,27)/t12-,14-/m0/s1. The van der Waals surface area contributed by atoms with Gasteiger partial charge in [-0.15, -0.1) is 5.10 Å². The van der Waals surface area contributed by atoms with E-state index in [2.05, 4.69) is 15.6 Å². The first kappa shape index (κ1) is 19.1. The molecule has 1 N–H and O–H groups in total. The van der Waals surface area contributed by atoms with Gasteiger partial charge in [-0.2, -0.15) is 0 Å². The third kappa shape index (κ3) is 3.84. The molecule has 0 aliphatic carbocycles. The maximum absolute atomic E-state index is 14.8. The van der Waals surface area contributed by atoms with E-state index in [4.69, 9.17) is 4.74 Å². The minimum atomic E-state index is -0.752. The van der Waals surface area contributed by atoms with Crippen molar-refractivity contribution < 1.29 is 23.1 Å². The molecule has 29 heavy (non-hydrogen) atoms. The molecule has 9 nitrogen and oxygen atoms in total. The molecule has 4 rings (SSSR count). The molecule has 2 aromatic rings. The van der Waals surface area contributed by atoms with Crippen molar-refractivity contribution in [3.63, 3.8) is 0 Å². The van der Waals surface area contributed by atoms with Crippen molar-refractivity contribution in [1.29, 1.82) is 0 Å². The van der Waals surface area contributed by atoms with Crippen LogP contribution in [0.5, 0.6) is 0 Å². The normalized spacial score (nSPS) is 21.6. The van der Waals surface area contributed by atoms with Crippen molar-refractivity contribution in [2.45, 2.75) is 25.5 Å². The van der Waals surface area contributed by atoms with Crippen LogP contribution in [0, 0.1) is 11.6 Å². The van der Waals surface area contributed by atoms with E-state index in [1.165, 1.54) is 6.92 Å². The first-order valence-corrected chi connectivity index (χ1v) is 9.24. The number of anilines is 2. The van der Waals surface area contributed by atoms with Crippen LogP contribution in [0.1, 0.15) is 19.4 Å². The van der Waals surface area contributed by atoms with Crippen molar-refractivity contribution in [3.8, 4) is 0 Å². The lowest BCUT2D eigenvalue weighted by molar-refractivity contribution is -0.119. The van der Waals surface area contributed by atoms with Crippen molar-refractivity contribution >= 4 is 23.4 Å². The zero-order valence-corrected chi connectivity index (χ0v) is 15.7. The number of hydrogen-bond donors (Lipinski definition) is 1. The number of carbonyl (C=O) groups is 2. The van der Waals surface area contributed by atoms with Crippen LogP contribution in [0.2, 0.25) is 0 Å². The number of cyclic esters (lactones) is 1. The number of nitrogens with one attached hydrogen (secondary N) is 1. The van der Waals surface area contributed by atoms with E-state index < -0.39 is 23.8 Å². The summed E-state index contributed by atoms with van der Waals surface area (Å²) in [6.07, 6.45) is 2.68. The molecular formula is C18H20F2N6O3. The second-order valence-corrected chi connectivity index (χ2v) is 7.08. The van der Waals surface area contributed by atoms with Crippen LogP contribution in [0.4, 0.5) is 25.0 Å². The number of benzene rings is 1. The Kier molecular flexibility index (Phi) is 5.03. The zero-order chi connectivity index (χ0) is 20.5. The van der Waals surface area contributed by atoms with Crippen molar-refractivity contribution in [3.05, 3.63) is 36.2 Å². The molecule has 154 valence electrons. The molecule has 2 aliphatic heterocycles. The smallest absolute Gasteiger partial charge is 0.414 e. The summed E-state index contributed by atoms with van der Waals surface area (Å²) in [6.45, 7) is 2.46. The lowest BCUT2D eigenvalue weighted by Gasteiger charge is -2.22. The lowest BCUT2D eigenvalue weighted by atomic mass is 10.2. The van der Waals surface area contributed by atoms with Gasteiger partial charge in [0.1, 0.15) is 11.8 Å². The van der Waals surface area contributed by atoms with Gasteiger partial charge in [0.25, 0.3) is 0 Å². The number of aromatic nitrogens is 3. The van der Waals surface area contributed by atoms with Gasteiger partial charge < -0.3 is 15.0 Å². The van der Waals surface area contributed by atoms with Gasteiger partial charge in [0.2, 0.25) is 5.91 Å². The summed E-state index contributed by atoms with van der Waals surface area (Å²) < 4.78 is 36.4. The van der Waals surface area contributed by atoms with Crippen molar-refractivity contribution in [2.24, 2.45) is 0 Å². The average Bonchev–Trinajstić information content (AvgIpc) is 3.40. The number of amides is 2. The van der Waals surface area contributed by atoms with Crippen LogP contribution in [0.25, 0.3) is 0 Å². The lowest BCUT2D eigenvalue weighted by Crippen LogP contribution is -2.33. The Morgan fingerprint density at radius 2 is 2.07 bits per heavy atom. The molecule has 0 unspecified atom stereocenters. The number of rotatable bonds is 5. The molecule has 1 aromatic heterocycles. The molecule has 0 bridgehead atoms. The Balaban J connectivity index is 1.49. The fourth-order valence-electron chi connectivity index (χ4n) is 3.68.